The lowest BCUT2D eigenvalue weighted by molar-refractivity contribution is -0.224. The molecule has 1 saturated carbocycles. The van der Waals surface area contributed by atoms with Crippen LogP contribution in [0.1, 0.15) is 37.7 Å². The number of benzene rings is 2. The Labute approximate surface area is 175 Å². The maximum atomic E-state index is 12.8. The molecule has 0 atom stereocenters. The summed E-state index contributed by atoms with van der Waals surface area (Å²) >= 11 is 0. The van der Waals surface area contributed by atoms with E-state index in [0.29, 0.717) is 35.9 Å². The fourth-order valence-electron chi connectivity index (χ4n) is 3.82. The summed E-state index contributed by atoms with van der Waals surface area (Å²) in [5.41, 5.74) is 0.457. The highest BCUT2D eigenvalue weighted by molar-refractivity contribution is 6.00. The molecule has 1 amide bonds. The summed E-state index contributed by atoms with van der Waals surface area (Å²) in [4.78, 5) is 24.5. The zero-order chi connectivity index (χ0) is 21.0. The third kappa shape index (κ3) is 3.85. The number of hydrogen-bond donors (Lipinski definition) is 1. The number of carbonyl (C=O) groups excluding carboxylic acids is 1. The molecule has 1 heterocycles. The number of hydrogen-bond acceptors (Lipinski definition) is 7. The Morgan fingerprint density at radius 1 is 1.07 bits per heavy atom. The number of nitrogens with zero attached hydrogens (tertiary/aromatic N) is 2. The molecule has 2 aromatic rings. The van der Waals surface area contributed by atoms with E-state index in [9.17, 15) is 4.79 Å². The lowest BCUT2D eigenvalue weighted by Gasteiger charge is -2.37. The highest BCUT2D eigenvalue weighted by atomic mass is 16.8. The van der Waals surface area contributed by atoms with Gasteiger partial charge in [-0.1, -0.05) is 35.8 Å². The van der Waals surface area contributed by atoms with E-state index in [4.69, 9.17) is 19.1 Å². The van der Waals surface area contributed by atoms with Crippen molar-refractivity contribution < 1.29 is 23.9 Å². The van der Waals surface area contributed by atoms with E-state index in [1.807, 2.05) is 36.4 Å². The van der Waals surface area contributed by atoms with E-state index >= 15 is 0 Å². The molecule has 0 saturated heterocycles. The zero-order valence-electron chi connectivity index (χ0n) is 17.1. The van der Waals surface area contributed by atoms with Crippen molar-refractivity contribution in [1.29, 1.82) is 0 Å². The first kappa shape index (κ1) is 19.9. The van der Waals surface area contributed by atoms with Gasteiger partial charge in [0.2, 0.25) is 11.6 Å². The fraction of sp³-hybridized carbons (Fsp3) is 0.364. The molecule has 0 aromatic heterocycles. The SMILES string of the molecule is COc1cccc(C2=NOC3(CCCCC3)N2OC(=O)Nc2ccccc2OC)c1. The highest BCUT2D eigenvalue weighted by Crippen LogP contribution is 2.40. The number of carbonyl (C=O) groups is 1. The van der Waals surface area contributed by atoms with Crippen molar-refractivity contribution in [3.05, 3.63) is 54.1 Å². The van der Waals surface area contributed by atoms with E-state index in [2.05, 4.69) is 10.5 Å². The Morgan fingerprint density at radius 2 is 1.87 bits per heavy atom. The van der Waals surface area contributed by atoms with Gasteiger partial charge in [-0.2, -0.15) is 0 Å². The molecule has 0 bridgehead atoms. The average molecular weight is 411 g/mol. The molecule has 4 rings (SSSR count). The van der Waals surface area contributed by atoms with Crippen molar-refractivity contribution in [2.24, 2.45) is 5.16 Å². The van der Waals surface area contributed by atoms with Crippen LogP contribution in [0.3, 0.4) is 0 Å². The minimum atomic E-state index is -0.797. The van der Waals surface area contributed by atoms with Crippen molar-refractivity contribution in [2.75, 3.05) is 19.5 Å². The predicted molar refractivity (Wildman–Crippen MR) is 111 cm³/mol. The van der Waals surface area contributed by atoms with E-state index < -0.39 is 11.8 Å². The molecule has 1 aliphatic heterocycles. The second kappa shape index (κ2) is 8.52. The molecule has 2 aromatic carbocycles. The summed E-state index contributed by atoms with van der Waals surface area (Å²) in [6.07, 6.45) is 3.83. The number of hydroxylamine groups is 2. The molecule has 0 unspecified atom stereocenters. The molecule has 1 fully saturated rings. The second-order valence-electron chi connectivity index (χ2n) is 7.24. The highest BCUT2D eigenvalue weighted by Gasteiger charge is 2.50. The van der Waals surface area contributed by atoms with Crippen LogP contribution in [-0.2, 0) is 9.68 Å². The van der Waals surface area contributed by atoms with Crippen LogP contribution in [0, 0.1) is 0 Å². The van der Waals surface area contributed by atoms with Gasteiger partial charge in [-0.3, -0.25) is 5.32 Å². The number of anilines is 1. The van der Waals surface area contributed by atoms with Crippen LogP contribution in [0.4, 0.5) is 10.5 Å². The monoisotopic (exact) mass is 411 g/mol. The van der Waals surface area contributed by atoms with Gasteiger partial charge >= 0.3 is 6.09 Å². The number of amidine groups is 1. The molecular weight excluding hydrogens is 386 g/mol. The third-order valence-corrected chi connectivity index (χ3v) is 5.35. The van der Waals surface area contributed by atoms with Gasteiger partial charge in [-0.25, -0.2) is 4.79 Å². The third-order valence-electron chi connectivity index (χ3n) is 5.35. The quantitative estimate of drug-likeness (QED) is 0.779. The Bertz CT molecular complexity index is 940. The molecule has 8 nitrogen and oxygen atoms in total. The van der Waals surface area contributed by atoms with Crippen LogP contribution in [0.2, 0.25) is 0 Å². The van der Waals surface area contributed by atoms with Gasteiger partial charge in [0.1, 0.15) is 11.5 Å². The van der Waals surface area contributed by atoms with Gasteiger partial charge in [-0.05, 0) is 37.1 Å². The van der Waals surface area contributed by atoms with Gasteiger partial charge in [-0.15, -0.1) is 5.06 Å². The Balaban J connectivity index is 1.59. The van der Waals surface area contributed by atoms with Crippen LogP contribution in [0.15, 0.2) is 53.7 Å². The fourth-order valence-corrected chi connectivity index (χ4v) is 3.82. The topological polar surface area (TPSA) is 81.6 Å². The van der Waals surface area contributed by atoms with E-state index in [1.165, 1.54) is 5.06 Å². The van der Waals surface area contributed by atoms with Gasteiger partial charge in [0.05, 0.1) is 19.9 Å². The smallest absolute Gasteiger partial charge is 0.436 e. The first-order valence-corrected chi connectivity index (χ1v) is 9.98. The molecule has 1 spiro atoms. The number of rotatable bonds is 5. The van der Waals surface area contributed by atoms with Gasteiger partial charge in [0.25, 0.3) is 0 Å². The largest absolute Gasteiger partial charge is 0.497 e. The summed E-state index contributed by atoms with van der Waals surface area (Å²) in [6.45, 7) is 0. The Hall–Kier alpha value is -3.42. The molecule has 2 aliphatic rings. The van der Waals surface area contributed by atoms with Gasteiger partial charge < -0.3 is 19.1 Å². The number of methoxy groups -OCH3 is 2. The first-order valence-electron chi connectivity index (χ1n) is 9.98. The average Bonchev–Trinajstić information content (AvgIpc) is 3.11. The van der Waals surface area contributed by atoms with Crippen molar-refractivity contribution in [3.8, 4) is 11.5 Å². The number of ether oxygens (including phenoxy) is 2. The Morgan fingerprint density at radius 3 is 2.63 bits per heavy atom. The van der Waals surface area contributed by atoms with E-state index in [0.717, 1.165) is 24.8 Å². The normalized spacial score (nSPS) is 17.1. The number of amides is 1. The summed E-state index contributed by atoms with van der Waals surface area (Å²) in [7, 11) is 3.15. The van der Waals surface area contributed by atoms with Gasteiger partial charge in [0.15, 0.2) is 0 Å². The lowest BCUT2D eigenvalue weighted by Crippen LogP contribution is -2.51. The van der Waals surface area contributed by atoms with Crippen molar-refractivity contribution >= 4 is 17.6 Å². The minimum Gasteiger partial charge on any atom is -0.497 e. The molecule has 1 N–H and O–H groups in total. The second-order valence-corrected chi connectivity index (χ2v) is 7.24. The zero-order valence-corrected chi connectivity index (χ0v) is 17.1. The first-order chi connectivity index (χ1) is 14.6. The molecule has 8 heteroatoms. The minimum absolute atomic E-state index is 0.436. The van der Waals surface area contributed by atoms with Crippen molar-refractivity contribution in [2.45, 2.75) is 37.8 Å². The van der Waals surface area contributed by atoms with Crippen molar-refractivity contribution in [1.82, 2.24) is 5.06 Å². The standard InChI is InChI=1S/C22H25N3O5/c1-27-17-10-8-9-16(15-17)20-24-30-22(13-6-3-7-14-22)25(20)29-21(26)23-18-11-4-5-12-19(18)28-2/h4-5,8-12,15H,3,6-7,13-14H2,1-2H3,(H,23,26). The van der Waals surface area contributed by atoms with E-state index in [-0.39, 0.29) is 0 Å². The molecular formula is C22H25N3O5. The number of nitrogens with one attached hydrogen (secondary N) is 1. The summed E-state index contributed by atoms with van der Waals surface area (Å²) in [5, 5.41) is 8.54. The van der Waals surface area contributed by atoms with Crippen LogP contribution in [-0.4, -0.2) is 36.9 Å². The van der Waals surface area contributed by atoms with Crippen molar-refractivity contribution in [3.63, 3.8) is 0 Å². The number of oxime groups is 1. The Kier molecular flexibility index (Phi) is 5.65. The van der Waals surface area contributed by atoms with Crippen LogP contribution in [0.5, 0.6) is 11.5 Å². The maximum Gasteiger partial charge on any atom is 0.436 e. The van der Waals surface area contributed by atoms with Crippen LogP contribution < -0.4 is 14.8 Å². The summed E-state index contributed by atoms with van der Waals surface area (Å²) in [5.74, 6) is 1.66. The summed E-state index contributed by atoms with van der Waals surface area (Å²) < 4.78 is 10.6. The molecule has 158 valence electrons. The summed E-state index contributed by atoms with van der Waals surface area (Å²) in [6, 6.07) is 14.6. The van der Waals surface area contributed by atoms with Crippen LogP contribution >= 0.6 is 0 Å². The van der Waals surface area contributed by atoms with Gasteiger partial charge in [0, 0.05) is 18.4 Å². The lowest BCUT2D eigenvalue weighted by atomic mass is 9.91. The molecule has 1 aliphatic carbocycles. The van der Waals surface area contributed by atoms with E-state index in [1.54, 1.807) is 26.4 Å². The van der Waals surface area contributed by atoms with Crippen LogP contribution in [0.25, 0.3) is 0 Å². The molecule has 0 radical (unpaired) electrons. The number of para-hydroxylation sites is 2. The predicted octanol–water partition coefficient (Wildman–Crippen LogP) is 4.52. The maximum absolute atomic E-state index is 12.8. The molecule has 30 heavy (non-hydrogen) atoms.